The normalized spacial score (nSPS) is 19.8. The molecular formula is C14H20BrFN2S. The zero-order chi connectivity index (χ0) is 14.1. The Hall–Kier alpha value is -0.130. The number of nitrogens with zero attached hydrogens (tertiary/aromatic N) is 1. The van der Waals surface area contributed by atoms with Crippen molar-refractivity contribution in [2.75, 3.05) is 0 Å². The molecule has 1 aromatic rings. The number of nitrogens with one attached hydrogen (secondary N) is 1. The monoisotopic (exact) mass is 346 g/mol. The van der Waals surface area contributed by atoms with Gasteiger partial charge in [-0.2, -0.15) is 0 Å². The lowest BCUT2D eigenvalue weighted by atomic mass is 9.75. The van der Waals surface area contributed by atoms with Crippen LogP contribution in [0.3, 0.4) is 0 Å². The topological polar surface area (TPSA) is 24.9 Å². The third-order valence-corrected chi connectivity index (χ3v) is 4.63. The number of aromatic nitrogens is 1. The summed E-state index contributed by atoms with van der Waals surface area (Å²) >= 11 is 4.93. The minimum atomic E-state index is -1.16. The molecule has 1 aromatic heterocycles. The van der Waals surface area contributed by atoms with Crippen molar-refractivity contribution in [3.05, 3.63) is 28.5 Å². The zero-order valence-corrected chi connectivity index (χ0v) is 13.9. The highest BCUT2D eigenvalue weighted by Crippen LogP contribution is 2.46. The molecular weight excluding hydrogens is 327 g/mol. The molecule has 1 heterocycles. The van der Waals surface area contributed by atoms with Gasteiger partial charge in [-0.25, -0.2) is 9.37 Å². The first-order valence-electron chi connectivity index (χ1n) is 6.55. The van der Waals surface area contributed by atoms with Gasteiger partial charge in [0.2, 0.25) is 0 Å². The van der Waals surface area contributed by atoms with Gasteiger partial charge in [0.1, 0.15) is 10.3 Å². The smallest absolute Gasteiger partial charge is 0.132 e. The highest BCUT2D eigenvalue weighted by molar-refractivity contribution is 9.10. The third kappa shape index (κ3) is 3.92. The van der Waals surface area contributed by atoms with E-state index in [1.165, 1.54) is 0 Å². The van der Waals surface area contributed by atoms with E-state index in [1.54, 1.807) is 11.9 Å². The molecule has 0 saturated heterocycles. The molecule has 0 amide bonds. The lowest BCUT2D eigenvalue weighted by Gasteiger charge is -2.41. The van der Waals surface area contributed by atoms with Gasteiger partial charge in [-0.05, 0) is 68.1 Å². The summed E-state index contributed by atoms with van der Waals surface area (Å²) in [5.41, 5.74) is -0.389. The lowest BCUT2D eigenvalue weighted by molar-refractivity contribution is 0.0273. The van der Waals surface area contributed by atoms with Crippen LogP contribution in [0.5, 0.6) is 0 Å². The number of hydrogen-bond acceptors (Lipinski definition) is 3. The van der Waals surface area contributed by atoms with Crippen LogP contribution in [0.1, 0.15) is 51.8 Å². The molecule has 1 aliphatic carbocycles. The van der Waals surface area contributed by atoms with Gasteiger partial charge in [0.15, 0.2) is 0 Å². The van der Waals surface area contributed by atoms with Crippen LogP contribution in [0.2, 0.25) is 0 Å². The summed E-state index contributed by atoms with van der Waals surface area (Å²) in [7, 11) is 0. The molecule has 1 aliphatic rings. The molecule has 106 valence electrons. The molecule has 0 bridgehead atoms. The molecule has 1 fully saturated rings. The summed E-state index contributed by atoms with van der Waals surface area (Å²) in [5, 5.41) is 0. The average molecular weight is 347 g/mol. The van der Waals surface area contributed by atoms with Crippen LogP contribution in [-0.2, 0) is 0 Å². The van der Waals surface area contributed by atoms with E-state index < -0.39 is 5.67 Å². The van der Waals surface area contributed by atoms with E-state index in [-0.39, 0.29) is 10.8 Å². The molecule has 2 nitrogen and oxygen atoms in total. The van der Waals surface area contributed by atoms with E-state index in [0.717, 1.165) is 16.7 Å². The van der Waals surface area contributed by atoms with Crippen LogP contribution < -0.4 is 4.72 Å². The molecule has 0 radical (unpaired) electrons. The Bertz CT molecular complexity index is 443. The van der Waals surface area contributed by atoms with E-state index in [4.69, 9.17) is 0 Å². The van der Waals surface area contributed by atoms with E-state index in [0.29, 0.717) is 12.8 Å². The van der Waals surface area contributed by atoms with Crippen molar-refractivity contribution >= 4 is 27.9 Å². The molecule has 19 heavy (non-hydrogen) atoms. The minimum Gasteiger partial charge on any atom is -0.251 e. The fourth-order valence-electron chi connectivity index (χ4n) is 2.05. The highest BCUT2D eigenvalue weighted by Gasteiger charge is 2.46. The standard InChI is InChI=1S/C14H20BrFN2S/c1-13(2,3)19-18-12(14(16)8-5-9-14)10-6-4-7-11(15)17-10/h4,6-7,12,18H,5,8-9H2,1-3H3. The van der Waals surface area contributed by atoms with Crippen LogP contribution >= 0.6 is 27.9 Å². The van der Waals surface area contributed by atoms with Crippen LogP contribution in [0.4, 0.5) is 4.39 Å². The molecule has 1 saturated carbocycles. The second-order valence-corrected chi connectivity index (χ2v) is 8.52. The average Bonchev–Trinajstić information content (AvgIpc) is 2.25. The quantitative estimate of drug-likeness (QED) is 0.625. The van der Waals surface area contributed by atoms with Gasteiger partial charge in [0.25, 0.3) is 0 Å². The van der Waals surface area contributed by atoms with Crippen molar-refractivity contribution < 1.29 is 4.39 Å². The van der Waals surface area contributed by atoms with E-state index in [1.807, 2.05) is 18.2 Å². The second-order valence-electron chi connectivity index (χ2n) is 6.04. The zero-order valence-electron chi connectivity index (χ0n) is 11.5. The van der Waals surface area contributed by atoms with Gasteiger partial charge < -0.3 is 0 Å². The van der Waals surface area contributed by atoms with Crippen molar-refractivity contribution in [3.63, 3.8) is 0 Å². The predicted molar refractivity (Wildman–Crippen MR) is 82.8 cm³/mol. The molecule has 1 N–H and O–H groups in total. The summed E-state index contributed by atoms with van der Waals surface area (Å²) in [6.45, 7) is 6.34. The van der Waals surface area contributed by atoms with Gasteiger partial charge in [-0.15, -0.1) is 0 Å². The maximum Gasteiger partial charge on any atom is 0.132 e. The summed E-state index contributed by atoms with van der Waals surface area (Å²) in [5.74, 6) is 0. The minimum absolute atomic E-state index is 0.0460. The number of alkyl halides is 1. The lowest BCUT2D eigenvalue weighted by Crippen LogP contribution is -2.45. The van der Waals surface area contributed by atoms with Gasteiger partial charge in [0, 0.05) is 4.75 Å². The van der Waals surface area contributed by atoms with E-state index >= 15 is 0 Å². The molecule has 0 aromatic carbocycles. The molecule has 0 aliphatic heterocycles. The summed E-state index contributed by atoms with van der Waals surface area (Å²) in [6, 6.07) is 5.32. The summed E-state index contributed by atoms with van der Waals surface area (Å²) < 4.78 is 18.9. The Morgan fingerprint density at radius 1 is 1.42 bits per heavy atom. The Labute approximate surface area is 127 Å². The van der Waals surface area contributed by atoms with E-state index in [9.17, 15) is 4.39 Å². The Balaban J connectivity index is 2.19. The van der Waals surface area contributed by atoms with Gasteiger partial charge in [-0.3, -0.25) is 4.72 Å². The third-order valence-electron chi connectivity index (χ3n) is 3.22. The Kier molecular flexibility index (Phi) is 4.58. The van der Waals surface area contributed by atoms with Gasteiger partial charge >= 0.3 is 0 Å². The number of pyridine rings is 1. The highest BCUT2D eigenvalue weighted by atomic mass is 79.9. The van der Waals surface area contributed by atoms with Crippen molar-refractivity contribution in [2.45, 2.75) is 56.5 Å². The van der Waals surface area contributed by atoms with E-state index in [2.05, 4.69) is 46.4 Å². The fourth-order valence-corrected chi connectivity index (χ4v) is 3.22. The van der Waals surface area contributed by atoms with Crippen molar-refractivity contribution in [1.82, 2.24) is 9.71 Å². The van der Waals surface area contributed by atoms with Gasteiger partial charge in [0.05, 0.1) is 11.7 Å². The van der Waals surface area contributed by atoms with Crippen LogP contribution in [0.25, 0.3) is 0 Å². The number of hydrogen-bond donors (Lipinski definition) is 1. The SMILES string of the molecule is CC(C)(C)SNC(c1cccc(Br)n1)C1(F)CCC1. The Morgan fingerprint density at radius 2 is 2.11 bits per heavy atom. The molecule has 5 heteroatoms. The van der Waals surface area contributed by atoms with Gasteiger partial charge in [-0.1, -0.05) is 18.0 Å². The van der Waals surface area contributed by atoms with Crippen molar-refractivity contribution in [1.29, 1.82) is 0 Å². The maximum atomic E-state index is 14.8. The summed E-state index contributed by atoms with van der Waals surface area (Å²) in [6.07, 6.45) is 2.19. The number of halogens is 2. The maximum absolute atomic E-state index is 14.8. The molecule has 1 unspecified atom stereocenters. The van der Waals surface area contributed by atoms with Crippen molar-refractivity contribution in [2.24, 2.45) is 0 Å². The van der Waals surface area contributed by atoms with Crippen LogP contribution in [0, 0.1) is 0 Å². The molecule has 1 atom stereocenters. The first kappa shape index (κ1) is 15.3. The second kappa shape index (κ2) is 5.70. The molecule has 0 spiro atoms. The number of rotatable bonds is 4. The van der Waals surface area contributed by atoms with Crippen LogP contribution in [0.15, 0.2) is 22.8 Å². The van der Waals surface area contributed by atoms with Crippen molar-refractivity contribution in [3.8, 4) is 0 Å². The van der Waals surface area contributed by atoms with Crippen LogP contribution in [-0.4, -0.2) is 15.4 Å². The Morgan fingerprint density at radius 3 is 2.58 bits per heavy atom. The predicted octanol–water partition coefficient (Wildman–Crippen LogP) is 4.81. The molecule has 2 rings (SSSR count). The fraction of sp³-hybridized carbons (Fsp3) is 0.643. The first-order chi connectivity index (χ1) is 8.80. The first-order valence-corrected chi connectivity index (χ1v) is 8.16. The largest absolute Gasteiger partial charge is 0.251 e. The summed E-state index contributed by atoms with van der Waals surface area (Å²) in [4.78, 5) is 4.42.